The standard InChI is InChI=1S/C16H18N3O3/c1-2-14(21)19(11-12-20)15-13(7-6-8-17-15)16(22)18-9-4-3-5-10-18/h2,6-8H,1,3-5,9-11H2. The van der Waals surface area contributed by atoms with E-state index >= 15 is 0 Å². The lowest BCUT2D eigenvalue weighted by atomic mass is 10.1. The Kier molecular flexibility index (Phi) is 5.41. The summed E-state index contributed by atoms with van der Waals surface area (Å²) < 4.78 is 0. The van der Waals surface area contributed by atoms with E-state index < -0.39 is 5.91 Å². The fourth-order valence-corrected chi connectivity index (χ4v) is 2.48. The topological polar surface area (TPSA) is 70.6 Å². The number of hydrogen-bond acceptors (Lipinski definition) is 4. The molecule has 2 amide bonds. The van der Waals surface area contributed by atoms with E-state index in [9.17, 15) is 14.4 Å². The Balaban J connectivity index is 2.35. The minimum absolute atomic E-state index is 0.171. The molecule has 6 heteroatoms. The van der Waals surface area contributed by atoms with Gasteiger partial charge < -0.3 is 4.90 Å². The van der Waals surface area contributed by atoms with Crippen molar-refractivity contribution in [3.8, 4) is 0 Å². The summed E-state index contributed by atoms with van der Waals surface area (Å²) >= 11 is 0. The van der Waals surface area contributed by atoms with Gasteiger partial charge in [-0.1, -0.05) is 6.58 Å². The van der Waals surface area contributed by atoms with Crippen LogP contribution < -0.4 is 4.90 Å². The Morgan fingerprint density at radius 2 is 2.09 bits per heavy atom. The molecule has 2 heterocycles. The molecule has 1 aromatic rings. The first kappa shape index (κ1) is 15.9. The van der Waals surface area contributed by atoms with Gasteiger partial charge in [0.15, 0.2) is 0 Å². The highest BCUT2D eigenvalue weighted by atomic mass is 16.2. The number of anilines is 1. The second-order valence-corrected chi connectivity index (χ2v) is 5.00. The summed E-state index contributed by atoms with van der Waals surface area (Å²) in [5.74, 6) is -0.489. The van der Waals surface area contributed by atoms with Crippen LogP contribution in [0, 0.1) is 0 Å². The highest BCUT2D eigenvalue weighted by Gasteiger charge is 2.25. The third-order valence-corrected chi connectivity index (χ3v) is 3.58. The summed E-state index contributed by atoms with van der Waals surface area (Å²) in [6.45, 7) is 4.51. The number of amides is 2. The molecule has 0 saturated carbocycles. The van der Waals surface area contributed by atoms with Gasteiger partial charge in [0.05, 0.1) is 12.1 Å². The number of rotatable bonds is 5. The lowest BCUT2D eigenvalue weighted by molar-refractivity contribution is -0.114. The lowest BCUT2D eigenvalue weighted by Crippen LogP contribution is -2.38. The van der Waals surface area contributed by atoms with E-state index in [0.29, 0.717) is 18.7 Å². The molecule has 1 aliphatic heterocycles. The number of aromatic nitrogens is 1. The van der Waals surface area contributed by atoms with Gasteiger partial charge in [0.25, 0.3) is 11.8 Å². The fourth-order valence-electron chi connectivity index (χ4n) is 2.48. The number of pyridine rings is 1. The van der Waals surface area contributed by atoms with E-state index in [2.05, 4.69) is 11.6 Å². The van der Waals surface area contributed by atoms with Crippen LogP contribution in [0.3, 0.4) is 0 Å². The van der Waals surface area contributed by atoms with Crippen molar-refractivity contribution in [2.45, 2.75) is 19.3 Å². The van der Waals surface area contributed by atoms with Crippen LogP contribution in [-0.4, -0.2) is 47.6 Å². The quantitative estimate of drug-likeness (QED) is 0.769. The molecular weight excluding hydrogens is 282 g/mol. The number of piperidine rings is 1. The Hall–Kier alpha value is -2.50. The summed E-state index contributed by atoms with van der Waals surface area (Å²) in [6.07, 6.45) is 7.29. The number of hydrogen-bond donors (Lipinski definition) is 0. The van der Waals surface area contributed by atoms with Gasteiger partial charge in [0.2, 0.25) is 6.29 Å². The molecule has 1 fully saturated rings. The number of carbonyl (C=O) groups excluding carboxylic acids is 3. The largest absolute Gasteiger partial charge is 0.339 e. The maximum atomic E-state index is 12.7. The molecule has 0 atom stereocenters. The first-order chi connectivity index (χ1) is 10.7. The van der Waals surface area contributed by atoms with E-state index in [1.165, 1.54) is 6.20 Å². The van der Waals surface area contributed by atoms with E-state index in [-0.39, 0.29) is 18.3 Å². The van der Waals surface area contributed by atoms with Gasteiger partial charge in [-0.15, -0.1) is 0 Å². The average molecular weight is 300 g/mol. The molecule has 6 nitrogen and oxygen atoms in total. The second-order valence-electron chi connectivity index (χ2n) is 5.00. The van der Waals surface area contributed by atoms with Crippen LogP contribution in [0.25, 0.3) is 0 Å². The highest BCUT2D eigenvalue weighted by Crippen LogP contribution is 2.21. The lowest BCUT2D eigenvalue weighted by Gasteiger charge is -2.28. The predicted molar refractivity (Wildman–Crippen MR) is 82.2 cm³/mol. The maximum Gasteiger partial charge on any atom is 0.257 e. The van der Waals surface area contributed by atoms with Crippen molar-refractivity contribution in [2.75, 3.05) is 24.5 Å². The van der Waals surface area contributed by atoms with Gasteiger partial charge in [-0.05, 0) is 37.5 Å². The van der Waals surface area contributed by atoms with Gasteiger partial charge in [0.1, 0.15) is 5.82 Å². The number of nitrogens with zero attached hydrogens (tertiary/aromatic N) is 3. The summed E-state index contributed by atoms with van der Waals surface area (Å²) in [7, 11) is 0. The molecule has 115 valence electrons. The number of carbonyl (C=O) groups is 2. The smallest absolute Gasteiger partial charge is 0.257 e. The fraction of sp³-hybridized carbons (Fsp3) is 0.375. The van der Waals surface area contributed by atoms with Crippen molar-refractivity contribution in [3.05, 3.63) is 36.5 Å². The molecule has 1 aliphatic rings. The first-order valence-corrected chi connectivity index (χ1v) is 7.22. The third kappa shape index (κ3) is 3.39. The Morgan fingerprint density at radius 3 is 2.73 bits per heavy atom. The van der Waals surface area contributed by atoms with Gasteiger partial charge in [-0.3, -0.25) is 19.3 Å². The molecule has 0 bridgehead atoms. The van der Waals surface area contributed by atoms with E-state index in [1.54, 1.807) is 23.3 Å². The van der Waals surface area contributed by atoms with Gasteiger partial charge in [-0.2, -0.15) is 0 Å². The second kappa shape index (κ2) is 7.49. The van der Waals surface area contributed by atoms with Crippen LogP contribution in [0.1, 0.15) is 29.6 Å². The highest BCUT2D eigenvalue weighted by molar-refractivity contribution is 6.07. The Morgan fingerprint density at radius 1 is 1.36 bits per heavy atom. The van der Waals surface area contributed by atoms with Crippen molar-refractivity contribution in [2.24, 2.45) is 0 Å². The van der Waals surface area contributed by atoms with E-state index in [1.807, 2.05) is 0 Å². The van der Waals surface area contributed by atoms with Crippen LogP contribution in [0.5, 0.6) is 0 Å². The zero-order valence-corrected chi connectivity index (χ0v) is 12.3. The molecule has 0 aliphatic carbocycles. The van der Waals surface area contributed by atoms with Crippen molar-refractivity contribution in [1.29, 1.82) is 0 Å². The minimum Gasteiger partial charge on any atom is -0.339 e. The van der Waals surface area contributed by atoms with Gasteiger partial charge in [0, 0.05) is 19.3 Å². The van der Waals surface area contributed by atoms with E-state index in [4.69, 9.17) is 0 Å². The SMILES string of the molecule is C=CC(=O)N(C[C]=O)c1ncccc1C(=O)N1CCCCC1. The molecule has 0 N–H and O–H groups in total. The average Bonchev–Trinajstić information content (AvgIpc) is 2.59. The van der Waals surface area contributed by atoms with Crippen LogP contribution in [0.4, 0.5) is 5.82 Å². The van der Waals surface area contributed by atoms with Crippen LogP contribution in [0.15, 0.2) is 31.0 Å². The molecule has 1 aromatic heterocycles. The van der Waals surface area contributed by atoms with Crippen LogP contribution >= 0.6 is 0 Å². The summed E-state index contributed by atoms with van der Waals surface area (Å²) in [4.78, 5) is 42.3. The zero-order chi connectivity index (χ0) is 15.9. The maximum absolute atomic E-state index is 12.7. The first-order valence-electron chi connectivity index (χ1n) is 7.22. The Bertz CT molecular complexity index is 580. The molecular formula is C16H18N3O3. The van der Waals surface area contributed by atoms with Gasteiger partial charge >= 0.3 is 0 Å². The Labute approximate surface area is 129 Å². The number of likely N-dealkylation sites (tertiary alicyclic amines) is 1. The van der Waals surface area contributed by atoms with Crippen molar-refractivity contribution in [1.82, 2.24) is 9.88 Å². The zero-order valence-electron chi connectivity index (χ0n) is 12.3. The van der Waals surface area contributed by atoms with Crippen LogP contribution in [0.2, 0.25) is 0 Å². The van der Waals surface area contributed by atoms with Crippen molar-refractivity contribution < 1.29 is 14.4 Å². The monoisotopic (exact) mass is 300 g/mol. The van der Waals surface area contributed by atoms with Crippen LogP contribution in [-0.2, 0) is 9.59 Å². The predicted octanol–water partition coefficient (Wildman–Crippen LogP) is 1.34. The molecule has 1 radical (unpaired) electrons. The molecule has 1 saturated heterocycles. The molecule has 0 unspecified atom stereocenters. The third-order valence-electron chi connectivity index (χ3n) is 3.58. The summed E-state index contributed by atoms with van der Waals surface area (Å²) in [6, 6.07) is 3.26. The van der Waals surface area contributed by atoms with Gasteiger partial charge in [-0.25, -0.2) is 4.98 Å². The summed E-state index contributed by atoms with van der Waals surface area (Å²) in [5.41, 5.74) is 0.315. The van der Waals surface area contributed by atoms with E-state index in [0.717, 1.165) is 30.2 Å². The molecule has 0 spiro atoms. The molecule has 22 heavy (non-hydrogen) atoms. The minimum atomic E-state index is -0.491. The van der Waals surface area contributed by atoms with Crippen molar-refractivity contribution >= 4 is 23.9 Å². The summed E-state index contributed by atoms with van der Waals surface area (Å²) in [5, 5.41) is 0. The molecule has 0 aromatic carbocycles. The van der Waals surface area contributed by atoms with Crippen molar-refractivity contribution in [3.63, 3.8) is 0 Å². The normalized spacial score (nSPS) is 14.3. The molecule has 2 rings (SSSR count).